The number of methoxy groups -OCH3 is 1. The summed E-state index contributed by atoms with van der Waals surface area (Å²) in [4.78, 5) is 0. The first kappa shape index (κ1) is 12.3. The van der Waals surface area contributed by atoms with Gasteiger partial charge in [0.2, 0.25) is 0 Å². The molecule has 2 rings (SSSR count). The molecule has 0 saturated carbocycles. The van der Waals surface area contributed by atoms with Crippen molar-refractivity contribution in [3.05, 3.63) is 53.8 Å². The van der Waals surface area contributed by atoms with Crippen LogP contribution in [0.15, 0.2) is 36.4 Å². The van der Waals surface area contributed by atoms with Crippen molar-refractivity contribution in [3.63, 3.8) is 0 Å². The van der Waals surface area contributed by atoms with Gasteiger partial charge in [-0.1, -0.05) is 6.07 Å². The Bertz CT molecular complexity index is 552. The van der Waals surface area contributed by atoms with Crippen molar-refractivity contribution in [1.82, 2.24) is 0 Å². The molecule has 0 aliphatic carbocycles. The molecule has 2 nitrogen and oxygen atoms in total. The molecule has 0 heterocycles. The van der Waals surface area contributed by atoms with Crippen molar-refractivity contribution in [2.75, 3.05) is 12.4 Å². The van der Waals surface area contributed by atoms with Gasteiger partial charge in [0, 0.05) is 6.07 Å². The highest BCUT2D eigenvalue weighted by Gasteiger charge is 2.11. The molecule has 0 fully saturated rings. The fourth-order valence-corrected chi connectivity index (χ4v) is 1.53. The molecule has 18 heavy (non-hydrogen) atoms. The van der Waals surface area contributed by atoms with Crippen LogP contribution >= 0.6 is 0 Å². The Hall–Kier alpha value is -2.17. The normalized spacial score (nSPS) is 10.2. The summed E-state index contributed by atoms with van der Waals surface area (Å²) in [6, 6.07) is 7.13. The molecule has 0 aliphatic heterocycles. The van der Waals surface area contributed by atoms with E-state index in [1.54, 1.807) is 0 Å². The number of ether oxygens (including phenoxy) is 1. The maximum atomic E-state index is 13.4. The lowest BCUT2D eigenvalue weighted by molar-refractivity contribution is 0.415. The van der Waals surface area contributed by atoms with Crippen LogP contribution in [-0.2, 0) is 0 Å². The highest BCUT2D eigenvalue weighted by atomic mass is 19.1. The van der Waals surface area contributed by atoms with Crippen LogP contribution in [0.2, 0.25) is 0 Å². The summed E-state index contributed by atoms with van der Waals surface area (Å²) in [6.07, 6.45) is 0. The quantitative estimate of drug-likeness (QED) is 0.896. The average Bonchev–Trinajstić information content (AvgIpc) is 2.34. The van der Waals surface area contributed by atoms with Gasteiger partial charge in [0.25, 0.3) is 0 Å². The number of halogens is 3. The van der Waals surface area contributed by atoms with Gasteiger partial charge in [-0.05, 0) is 24.3 Å². The molecule has 2 aromatic carbocycles. The molecule has 0 radical (unpaired) electrons. The van der Waals surface area contributed by atoms with Gasteiger partial charge in [0.15, 0.2) is 0 Å². The van der Waals surface area contributed by atoms with Crippen molar-refractivity contribution < 1.29 is 17.9 Å². The van der Waals surface area contributed by atoms with Crippen LogP contribution in [0.4, 0.5) is 24.5 Å². The van der Waals surface area contributed by atoms with Crippen LogP contribution in [0.5, 0.6) is 5.75 Å². The molecule has 0 spiro atoms. The summed E-state index contributed by atoms with van der Waals surface area (Å²) in [5.74, 6) is -1.77. The van der Waals surface area contributed by atoms with Gasteiger partial charge in [-0.3, -0.25) is 0 Å². The largest absolute Gasteiger partial charge is 0.495 e. The molecule has 0 bridgehead atoms. The van der Waals surface area contributed by atoms with E-state index < -0.39 is 17.5 Å². The van der Waals surface area contributed by atoms with E-state index in [2.05, 4.69) is 5.32 Å². The number of benzene rings is 2. The second-order valence-electron chi connectivity index (χ2n) is 3.57. The van der Waals surface area contributed by atoms with Gasteiger partial charge in [-0.15, -0.1) is 0 Å². The fourth-order valence-electron chi connectivity index (χ4n) is 1.53. The van der Waals surface area contributed by atoms with Crippen LogP contribution in [0.25, 0.3) is 0 Å². The Morgan fingerprint density at radius 1 is 1.00 bits per heavy atom. The molecule has 1 N–H and O–H groups in total. The van der Waals surface area contributed by atoms with E-state index in [1.807, 2.05) is 0 Å². The van der Waals surface area contributed by atoms with Crippen molar-refractivity contribution in [1.29, 1.82) is 0 Å². The van der Waals surface area contributed by atoms with E-state index in [9.17, 15) is 13.2 Å². The highest BCUT2D eigenvalue weighted by Crippen LogP contribution is 2.30. The Balaban J connectivity index is 2.42. The third kappa shape index (κ3) is 2.40. The summed E-state index contributed by atoms with van der Waals surface area (Å²) in [7, 11) is 1.39. The Labute approximate surface area is 102 Å². The van der Waals surface area contributed by atoms with Gasteiger partial charge in [-0.25, -0.2) is 13.2 Å². The maximum absolute atomic E-state index is 13.4. The predicted octanol–water partition coefficient (Wildman–Crippen LogP) is 3.86. The summed E-state index contributed by atoms with van der Waals surface area (Å²) >= 11 is 0. The lowest BCUT2D eigenvalue weighted by atomic mass is 10.2. The maximum Gasteiger partial charge on any atom is 0.149 e. The van der Waals surface area contributed by atoms with Crippen LogP contribution in [0.1, 0.15) is 0 Å². The molecule has 0 atom stereocenters. The predicted molar refractivity (Wildman–Crippen MR) is 62.6 cm³/mol. The minimum absolute atomic E-state index is 0.154. The third-order valence-corrected chi connectivity index (χ3v) is 2.38. The van der Waals surface area contributed by atoms with Crippen molar-refractivity contribution in [2.45, 2.75) is 0 Å². The number of rotatable bonds is 3. The van der Waals surface area contributed by atoms with Crippen molar-refractivity contribution >= 4 is 11.4 Å². The number of anilines is 2. The molecule has 94 valence electrons. The molecule has 0 unspecified atom stereocenters. The van der Waals surface area contributed by atoms with Crippen LogP contribution < -0.4 is 10.1 Å². The monoisotopic (exact) mass is 253 g/mol. The number of para-hydroxylation sites is 1. The van der Waals surface area contributed by atoms with E-state index in [0.717, 1.165) is 18.2 Å². The molecular weight excluding hydrogens is 243 g/mol. The lowest BCUT2D eigenvalue weighted by Crippen LogP contribution is -2.00. The average molecular weight is 253 g/mol. The SMILES string of the molecule is COc1ccc(F)cc1Nc1c(F)cccc1F. The van der Waals surface area contributed by atoms with E-state index >= 15 is 0 Å². The molecule has 0 saturated heterocycles. The summed E-state index contributed by atoms with van der Waals surface area (Å²) < 4.78 is 45.0. The van der Waals surface area contributed by atoms with E-state index in [0.29, 0.717) is 5.75 Å². The van der Waals surface area contributed by atoms with Crippen LogP contribution in [-0.4, -0.2) is 7.11 Å². The first-order valence-electron chi connectivity index (χ1n) is 5.16. The molecular formula is C13H10F3NO. The Morgan fingerprint density at radius 3 is 2.28 bits per heavy atom. The Kier molecular flexibility index (Phi) is 3.41. The summed E-state index contributed by atoms with van der Waals surface area (Å²) in [6.45, 7) is 0. The van der Waals surface area contributed by atoms with E-state index in [1.165, 1.54) is 25.3 Å². The number of nitrogens with one attached hydrogen (secondary N) is 1. The molecule has 0 amide bonds. The second kappa shape index (κ2) is 5.00. The van der Waals surface area contributed by atoms with Crippen LogP contribution in [0.3, 0.4) is 0 Å². The number of hydrogen-bond acceptors (Lipinski definition) is 2. The number of hydrogen-bond donors (Lipinski definition) is 1. The second-order valence-corrected chi connectivity index (χ2v) is 3.57. The molecule has 0 aliphatic rings. The lowest BCUT2D eigenvalue weighted by Gasteiger charge is -2.12. The molecule has 5 heteroatoms. The van der Waals surface area contributed by atoms with Gasteiger partial charge < -0.3 is 10.1 Å². The smallest absolute Gasteiger partial charge is 0.149 e. The zero-order chi connectivity index (χ0) is 13.1. The summed E-state index contributed by atoms with van der Waals surface area (Å²) in [5, 5.41) is 2.49. The molecule has 2 aromatic rings. The van der Waals surface area contributed by atoms with Gasteiger partial charge in [0.05, 0.1) is 12.8 Å². The zero-order valence-electron chi connectivity index (χ0n) is 9.51. The minimum atomic E-state index is -0.763. The van der Waals surface area contributed by atoms with Crippen LogP contribution in [0, 0.1) is 17.5 Å². The van der Waals surface area contributed by atoms with E-state index in [-0.39, 0.29) is 11.4 Å². The molecule has 0 aromatic heterocycles. The van der Waals surface area contributed by atoms with Gasteiger partial charge >= 0.3 is 0 Å². The van der Waals surface area contributed by atoms with Gasteiger partial charge in [-0.2, -0.15) is 0 Å². The van der Waals surface area contributed by atoms with E-state index in [4.69, 9.17) is 4.74 Å². The first-order chi connectivity index (χ1) is 8.61. The minimum Gasteiger partial charge on any atom is -0.495 e. The van der Waals surface area contributed by atoms with Crippen molar-refractivity contribution in [2.24, 2.45) is 0 Å². The summed E-state index contributed by atoms with van der Waals surface area (Å²) in [5.41, 5.74) is -0.192. The fraction of sp³-hybridized carbons (Fsp3) is 0.0769. The topological polar surface area (TPSA) is 21.3 Å². The van der Waals surface area contributed by atoms with Crippen molar-refractivity contribution in [3.8, 4) is 5.75 Å². The first-order valence-corrected chi connectivity index (χ1v) is 5.16. The zero-order valence-corrected chi connectivity index (χ0v) is 9.51. The third-order valence-electron chi connectivity index (χ3n) is 2.38. The Morgan fingerprint density at radius 2 is 1.67 bits per heavy atom. The standard InChI is InChI=1S/C13H10F3NO/c1-18-12-6-5-8(14)7-11(12)17-13-9(15)3-2-4-10(13)16/h2-7,17H,1H3. The highest BCUT2D eigenvalue weighted by molar-refractivity contribution is 5.67. The van der Waals surface area contributed by atoms with Gasteiger partial charge in [0.1, 0.15) is 28.9 Å².